The number of hydrogen-bond acceptors (Lipinski definition) is 3. The van der Waals surface area contributed by atoms with Crippen molar-refractivity contribution in [1.82, 2.24) is 10.6 Å². The van der Waals surface area contributed by atoms with Crippen molar-refractivity contribution in [3.8, 4) is 0 Å². The minimum absolute atomic E-state index is 0.296. The number of fused-ring (bicyclic) bond motifs is 1. The number of alkyl carbamates (subject to hydrolysis) is 1. The Morgan fingerprint density at radius 2 is 2.12 bits per heavy atom. The summed E-state index contributed by atoms with van der Waals surface area (Å²) in [5, 5.41) is 5.62. The van der Waals surface area contributed by atoms with E-state index in [2.05, 4.69) is 45.7 Å². The van der Waals surface area contributed by atoms with Crippen LogP contribution in [0, 0.1) is 0 Å². The highest BCUT2D eigenvalue weighted by atomic mass is 16.6. The third kappa shape index (κ3) is 2.76. The van der Waals surface area contributed by atoms with Gasteiger partial charge in [-0.05, 0) is 23.4 Å². The van der Waals surface area contributed by atoms with Crippen LogP contribution in [0.2, 0.25) is 0 Å². The second-order valence-electron chi connectivity index (χ2n) is 3.48. The Hall–Kier alpha value is -1.97. The molecule has 1 aromatic carbocycles. The Kier molecular flexibility index (Phi) is 3.43. The van der Waals surface area contributed by atoms with Crippen LogP contribution in [-0.2, 0) is 11.3 Å². The van der Waals surface area contributed by atoms with Crippen molar-refractivity contribution >= 4 is 12.2 Å². The summed E-state index contributed by atoms with van der Waals surface area (Å²) < 4.78 is 4.40. The fourth-order valence-electron chi connectivity index (χ4n) is 1.52. The molecule has 0 aromatic heterocycles. The first-order valence-electron chi connectivity index (χ1n) is 5.25. The molecule has 0 saturated carbocycles. The number of benzene rings is 1. The van der Waals surface area contributed by atoms with E-state index in [1.807, 2.05) is 6.20 Å². The fourth-order valence-corrected chi connectivity index (χ4v) is 1.52. The van der Waals surface area contributed by atoms with Gasteiger partial charge in [0.2, 0.25) is 0 Å². The predicted octanol–water partition coefficient (Wildman–Crippen LogP) is 1.49. The van der Waals surface area contributed by atoms with Gasteiger partial charge < -0.3 is 15.4 Å². The molecule has 4 heteroatoms. The summed E-state index contributed by atoms with van der Waals surface area (Å²) in [5.41, 5.74) is 2.71. The molecule has 16 heavy (non-hydrogen) atoms. The minimum atomic E-state index is -0.296. The van der Waals surface area contributed by atoms with Crippen LogP contribution in [0.4, 0.5) is 4.79 Å². The molecule has 0 atom stereocenters. The van der Waals surface area contributed by atoms with Gasteiger partial charge in [0.1, 0.15) is 6.61 Å². The van der Waals surface area contributed by atoms with Crippen molar-refractivity contribution in [2.45, 2.75) is 6.54 Å². The number of rotatable bonds is 0. The van der Waals surface area contributed by atoms with Crippen LogP contribution in [-0.4, -0.2) is 19.2 Å². The molecule has 2 aliphatic heterocycles. The van der Waals surface area contributed by atoms with Crippen LogP contribution in [0.3, 0.4) is 0 Å². The lowest BCUT2D eigenvalue weighted by atomic mass is 10.1. The highest BCUT2D eigenvalue weighted by molar-refractivity contribution is 5.68. The molecule has 1 aromatic rings. The van der Waals surface area contributed by atoms with E-state index in [9.17, 15) is 4.79 Å². The molecule has 84 valence electrons. The van der Waals surface area contributed by atoms with Crippen LogP contribution in [0.5, 0.6) is 0 Å². The van der Waals surface area contributed by atoms with Gasteiger partial charge in [-0.25, -0.2) is 4.79 Å². The number of hydrogen-bond donors (Lipinski definition) is 2. The molecule has 3 rings (SSSR count). The molecular formula is C12H14N2O2. The highest BCUT2D eigenvalue weighted by Crippen LogP contribution is 2.12. The van der Waals surface area contributed by atoms with E-state index in [0.717, 1.165) is 6.54 Å². The SMILES string of the molecule is C1=Cc2ccccc2CN1.O=C1NCCO1. The van der Waals surface area contributed by atoms with Crippen molar-refractivity contribution in [3.05, 3.63) is 41.6 Å². The van der Waals surface area contributed by atoms with Gasteiger partial charge in [0.25, 0.3) is 0 Å². The average Bonchev–Trinajstić information content (AvgIpc) is 2.81. The summed E-state index contributed by atoms with van der Waals surface area (Å²) in [6.07, 6.45) is 3.79. The zero-order chi connectivity index (χ0) is 11.2. The van der Waals surface area contributed by atoms with Crippen LogP contribution >= 0.6 is 0 Å². The highest BCUT2D eigenvalue weighted by Gasteiger charge is 2.06. The van der Waals surface area contributed by atoms with Crippen LogP contribution in [0.15, 0.2) is 30.5 Å². The molecule has 0 bridgehead atoms. The molecule has 2 aliphatic rings. The third-order valence-corrected chi connectivity index (χ3v) is 2.33. The summed E-state index contributed by atoms with van der Waals surface area (Å²) in [6, 6.07) is 8.41. The van der Waals surface area contributed by atoms with E-state index in [0.29, 0.717) is 13.2 Å². The summed E-state index contributed by atoms with van der Waals surface area (Å²) in [7, 11) is 0. The number of cyclic esters (lactones) is 1. The van der Waals surface area contributed by atoms with E-state index in [4.69, 9.17) is 0 Å². The fraction of sp³-hybridized carbons (Fsp3) is 0.250. The van der Waals surface area contributed by atoms with Crippen molar-refractivity contribution in [3.63, 3.8) is 0 Å². The molecule has 4 nitrogen and oxygen atoms in total. The lowest BCUT2D eigenvalue weighted by Gasteiger charge is -2.10. The van der Waals surface area contributed by atoms with Crippen LogP contribution in [0.25, 0.3) is 6.08 Å². The van der Waals surface area contributed by atoms with Gasteiger partial charge in [-0.3, -0.25) is 0 Å². The summed E-state index contributed by atoms with van der Waals surface area (Å²) >= 11 is 0. The molecule has 0 radical (unpaired) electrons. The van der Waals surface area contributed by atoms with Gasteiger partial charge in [-0.2, -0.15) is 0 Å². The Labute approximate surface area is 94.3 Å². The smallest absolute Gasteiger partial charge is 0.407 e. The molecule has 1 fully saturated rings. The third-order valence-electron chi connectivity index (χ3n) is 2.33. The minimum Gasteiger partial charge on any atom is -0.448 e. The predicted molar refractivity (Wildman–Crippen MR) is 61.7 cm³/mol. The van der Waals surface area contributed by atoms with Gasteiger partial charge in [-0.1, -0.05) is 24.3 Å². The molecule has 1 amide bonds. The largest absolute Gasteiger partial charge is 0.448 e. The van der Waals surface area contributed by atoms with Crippen molar-refractivity contribution < 1.29 is 9.53 Å². The zero-order valence-corrected chi connectivity index (χ0v) is 8.90. The van der Waals surface area contributed by atoms with Gasteiger partial charge in [0, 0.05) is 6.54 Å². The maximum atomic E-state index is 9.91. The van der Waals surface area contributed by atoms with Gasteiger partial charge in [-0.15, -0.1) is 0 Å². The van der Waals surface area contributed by atoms with Crippen LogP contribution < -0.4 is 10.6 Å². The Morgan fingerprint density at radius 3 is 2.75 bits per heavy atom. The van der Waals surface area contributed by atoms with Gasteiger partial charge in [0.05, 0.1) is 6.54 Å². The summed E-state index contributed by atoms with van der Waals surface area (Å²) in [5.74, 6) is 0. The molecule has 0 unspecified atom stereocenters. The molecule has 2 heterocycles. The molecule has 0 spiro atoms. The molecule has 2 N–H and O–H groups in total. The van der Waals surface area contributed by atoms with E-state index >= 15 is 0 Å². The monoisotopic (exact) mass is 218 g/mol. The lowest BCUT2D eigenvalue weighted by Crippen LogP contribution is -2.11. The topological polar surface area (TPSA) is 50.4 Å². The molecular weight excluding hydrogens is 204 g/mol. The standard InChI is InChI=1S/C9H9N.C3H5NO2/c1-2-4-9-7-10-6-5-8(9)3-1;5-3-4-1-2-6-3/h1-6,10H,7H2;1-2H2,(H,4,5). The number of ether oxygens (including phenoxy) is 1. The Morgan fingerprint density at radius 1 is 1.25 bits per heavy atom. The maximum absolute atomic E-state index is 9.91. The summed E-state index contributed by atoms with van der Waals surface area (Å²) in [6.45, 7) is 2.16. The van der Waals surface area contributed by atoms with E-state index in [1.54, 1.807) is 0 Å². The first-order valence-corrected chi connectivity index (χ1v) is 5.25. The van der Waals surface area contributed by atoms with E-state index in [1.165, 1.54) is 11.1 Å². The second kappa shape index (κ2) is 5.21. The number of amides is 1. The first kappa shape index (κ1) is 10.5. The zero-order valence-electron chi connectivity index (χ0n) is 8.90. The molecule has 1 saturated heterocycles. The second-order valence-corrected chi connectivity index (χ2v) is 3.48. The first-order chi connectivity index (χ1) is 7.86. The number of carbonyl (C=O) groups excluding carboxylic acids is 1. The van der Waals surface area contributed by atoms with Crippen molar-refractivity contribution in [1.29, 1.82) is 0 Å². The van der Waals surface area contributed by atoms with Crippen molar-refractivity contribution in [2.75, 3.05) is 13.2 Å². The normalized spacial score (nSPS) is 16.1. The van der Waals surface area contributed by atoms with E-state index < -0.39 is 0 Å². The average molecular weight is 218 g/mol. The van der Waals surface area contributed by atoms with Gasteiger partial charge in [0.15, 0.2) is 0 Å². The quantitative estimate of drug-likeness (QED) is 0.693. The summed E-state index contributed by atoms with van der Waals surface area (Å²) in [4.78, 5) is 9.91. The van der Waals surface area contributed by atoms with E-state index in [-0.39, 0.29) is 6.09 Å². The van der Waals surface area contributed by atoms with Crippen molar-refractivity contribution in [2.24, 2.45) is 0 Å². The Balaban J connectivity index is 0.000000138. The number of nitrogens with one attached hydrogen (secondary N) is 2. The van der Waals surface area contributed by atoms with Gasteiger partial charge >= 0.3 is 6.09 Å². The molecule has 0 aliphatic carbocycles. The lowest BCUT2D eigenvalue weighted by molar-refractivity contribution is 0.178. The Bertz CT molecular complexity index is 394. The maximum Gasteiger partial charge on any atom is 0.407 e. The van der Waals surface area contributed by atoms with Crippen LogP contribution in [0.1, 0.15) is 11.1 Å². The number of carbonyl (C=O) groups is 1.